The molecule has 0 saturated carbocycles. The van der Waals surface area contributed by atoms with Gasteiger partial charge in [-0.05, 0) is 18.6 Å². The molecule has 0 fully saturated rings. The zero-order chi connectivity index (χ0) is 13.0. The summed E-state index contributed by atoms with van der Waals surface area (Å²) in [6, 6.07) is 4.09. The lowest BCUT2D eigenvalue weighted by molar-refractivity contribution is -0.384. The van der Waals surface area contributed by atoms with E-state index in [9.17, 15) is 14.9 Å². The molecule has 92 valence electrons. The van der Waals surface area contributed by atoms with Gasteiger partial charge >= 0.3 is 0 Å². The highest BCUT2D eigenvalue weighted by Gasteiger charge is 2.16. The van der Waals surface area contributed by atoms with Crippen molar-refractivity contribution >= 4 is 11.6 Å². The Morgan fingerprint density at radius 3 is 2.65 bits per heavy atom. The van der Waals surface area contributed by atoms with E-state index in [0.29, 0.717) is 11.1 Å². The van der Waals surface area contributed by atoms with Gasteiger partial charge in [0.1, 0.15) is 0 Å². The molecule has 0 aliphatic carbocycles. The van der Waals surface area contributed by atoms with Crippen molar-refractivity contribution in [2.75, 3.05) is 20.2 Å². The molecule has 0 aliphatic rings. The smallest absolute Gasteiger partial charge is 0.269 e. The van der Waals surface area contributed by atoms with Crippen molar-refractivity contribution in [3.63, 3.8) is 0 Å². The van der Waals surface area contributed by atoms with Crippen molar-refractivity contribution in [3.8, 4) is 0 Å². The first kappa shape index (κ1) is 13.1. The van der Waals surface area contributed by atoms with Crippen LogP contribution in [0.4, 0.5) is 5.69 Å². The predicted molar refractivity (Wildman–Crippen MR) is 61.9 cm³/mol. The van der Waals surface area contributed by atoms with Crippen LogP contribution in [0, 0.1) is 17.0 Å². The second-order valence-electron chi connectivity index (χ2n) is 3.71. The Labute approximate surface area is 98.6 Å². The fourth-order valence-corrected chi connectivity index (χ4v) is 1.46. The summed E-state index contributed by atoms with van der Waals surface area (Å²) >= 11 is 0. The molecule has 0 atom stereocenters. The van der Waals surface area contributed by atoms with Gasteiger partial charge in [0.05, 0.1) is 11.5 Å². The van der Waals surface area contributed by atoms with Crippen LogP contribution >= 0.6 is 0 Å². The quantitative estimate of drug-likeness (QED) is 0.625. The van der Waals surface area contributed by atoms with E-state index in [2.05, 4.69) is 0 Å². The van der Waals surface area contributed by atoms with Gasteiger partial charge in [-0.3, -0.25) is 14.9 Å². The molecule has 0 aliphatic heterocycles. The van der Waals surface area contributed by atoms with Gasteiger partial charge in [0, 0.05) is 31.3 Å². The summed E-state index contributed by atoms with van der Waals surface area (Å²) in [5.74, 6) is -0.258. The third-order valence-electron chi connectivity index (χ3n) is 2.43. The molecule has 6 heteroatoms. The number of benzene rings is 1. The van der Waals surface area contributed by atoms with Crippen LogP contribution in [0.5, 0.6) is 0 Å². The number of nitro benzene ring substituents is 1. The normalized spacial score (nSPS) is 10.1. The highest BCUT2D eigenvalue weighted by atomic mass is 16.6. The highest BCUT2D eigenvalue weighted by Crippen LogP contribution is 2.18. The largest absolute Gasteiger partial charge is 0.395 e. The topological polar surface area (TPSA) is 83.7 Å². The number of likely N-dealkylation sites (N-methyl/N-ethyl adjacent to an activating group) is 1. The van der Waals surface area contributed by atoms with Gasteiger partial charge in [-0.2, -0.15) is 0 Å². The summed E-state index contributed by atoms with van der Waals surface area (Å²) in [7, 11) is 1.57. The van der Waals surface area contributed by atoms with Gasteiger partial charge in [-0.25, -0.2) is 0 Å². The lowest BCUT2D eigenvalue weighted by Crippen LogP contribution is -2.29. The number of nitro groups is 1. The van der Waals surface area contributed by atoms with E-state index in [0.717, 1.165) is 0 Å². The Hall–Kier alpha value is -1.95. The number of nitrogens with zero attached hydrogens (tertiary/aromatic N) is 2. The number of amides is 1. The van der Waals surface area contributed by atoms with E-state index in [1.54, 1.807) is 14.0 Å². The molecular weight excluding hydrogens is 224 g/mol. The lowest BCUT2D eigenvalue weighted by Gasteiger charge is -2.16. The molecule has 0 radical (unpaired) electrons. The number of non-ortho nitro benzene ring substituents is 1. The average Bonchev–Trinajstić information content (AvgIpc) is 2.28. The van der Waals surface area contributed by atoms with E-state index in [1.165, 1.54) is 23.1 Å². The number of carbonyl (C=O) groups excluding carboxylic acids is 1. The van der Waals surface area contributed by atoms with Gasteiger partial charge in [-0.1, -0.05) is 0 Å². The number of hydrogen-bond donors (Lipinski definition) is 1. The van der Waals surface area contributed by atoms with Crippen LogP contribution in [0.1, 0.15) is 15.9 Å². The van der Waals surface area contributed by atoms with E-state index < -0.39 is 4.92 Å². The third-order valence-corrected chi connectivity index (χ3v) is 2.43. The molecular formula is C11H14N2O4. The Morgan fingerprint density at radius 1 is 1.53 bits per heavy atom. The average molecular weight is 238 g/mol. The van der Waals surface area contributed by atoms with E-state index in [1.807, 2.05) is 0 Å². The fraction of sp³-hybridized carbons (Fsp3) is 0.364. The van der Waals surface area contributed by atoms with Crippen LogP contribution in [0.15, 0.2) is 18.2 Å². The summed E-state index contributed by atoms with van der Waals surface area (Å²) in [5.41, 5.74) is 0.921. The van der Waals surface area contributed by atoms with Crippen molar-refractivity contribution in [2.45, 2.75) is 6.92 Å². The van der Waals surface area contributed by atoms with Crippen molar-refractivity contribution in [3.05, 3.63) is 39.4 Å². The monoisotopic (exact) mass is 238 g/mol. The Morgan fingerprint density at radius 2 is 2.18 bits per heavy atom. The maximum absolute atomic E-state index is 11.9. The first-order valence-electron chi connectivity index (χ1n) is 5.08. The van der Waals surface area contributed by atoms with Gasteiger partial charge in [0.25, 0.3) is 11.6 Å². The second-order valence-corrected chi connectivity index (χ2v) is 3.71. The lowest BCUT2D eigenvalue weighted by atomic mass is 10.1. The van der Waals surface area contributed by atoms with E-state index in [4.69, 9.17) is 5.11 Å². The number of rotatable bonds is 4. The number of aliphatic hydroxyl groups excluding tert-OH is 1. The molecule has 1 amide bonds. The Bertz CT molecular complexity index is 445. The summed E-state index contributed by atoms with van der Waals surface area (Å²) in [6.07, 6.45) is 0. The van der Waals surface area contributed by atoms with Crippen LogP contribution in [-0.2, 0) is 0 Å². The van der Waals surface area contributed by atoms with Crippen molar-refractivity contribution in [2.24, 2.45) is 0 Å². The molecule has 0 heterocycles. The van der Waals surface area contributed by atoms with Gasteiger partial charge in [-0.15, -0.1) is 0 Å². The maximum Gasteiger partial charge on any atom is 0.269 e. The molecule has 1 aromatic carbocycles. The Kier molecular flexibility index (Phi) is 4.17. The van der Waals surface area contributed by atoms with Crippen molar-refractivity contribution in [1.29, 1.82) is 0 Å². The fourth-order valence-electron chi connectivity index (χ4n) is 1.46. The van der Waals surface area contributed by atoms with Crippen molar-refractivity contribution in [1.82, 2.24) is 4.90 Å². The molecule has 1 rings (SSSR count). The first-order valence-corrected chi connectivity index (χ1v) is 5.08. The molecule has 0 saturated heterocycles. The summed E-state index contributed by atoms with van der Waals surface area (Å²) in [6.45, 7) is 1.76. The Balaban J connectivity index is 3.00. The third kappa shape index (κ3) is 3.01. The number of hydrogen-bond acceptors (Lipinski definition) is 4. The second kappa shape index (κ2) is 5.40. The minimum atomic E-state index is -0.501. The molecule has 1 N–H and O–H groups in total. The molecule has 0 aromatic heterocycles. The van der Waals surface area contributed by atoms with Gasteiger partial charge in [0.15, 0.2) is 0 Å². The van der Waals surface area contributed by atoms with Crippen LogP contribution in [-0.4, -0.2) is 41.0 Å². The van der Waals surface area contributed by atoms with E-state index >= 15 is 0 Å². The molecule has 6 nitrogen and oxygen atoms in total. The minimum Gasteiger partial charge on any atom is -0.395 e. The zero-order valence-corrected chi connectivity index (χ0v) is 9.71. The molecule has 0 bridgehead atoms. The van der Waals surface area contributed by atoms with Gasteiger partial charge < -0.3 is 10.0 Å². The molecule has 1 aromatic rings. The standard InChI is InChI=1S/C11H14N2O4/c1-8-7-9(13(16)17)3-4-10(8)11(15)12(2)5-6-14/h3-4,7,14H,5-6H2,1-2H3. The first-order chi connectivity index (χ1) is 7.97. The number of carbonyl (C=O) groups is 1. The highest BCUT2D eigenvalue weighted by molar-refractivity contribution is 5.95. The van der Waals surface area contributed by atoms with E-state index in [-0.39, 0.29) is 24.7 Å². The minimum absolute atomic E-state index is 0.0381. The molecule has 0 unspecified atom stereocenters. The summed E-state index contributed by atoms with van der Waals surface area (Å²) in [5, 5.41) is 19.3. The van der Waals surface area contributed by atoms with Crippen LogP contribution < -0.4 is 0 Å². The SMILES string of the molecule is Cc1cc([N+](=O)[O-])ccc1C(=O)N(C)CCO. The van der Waals surface area contributed by atoms with Crippen LogP contribution in [0.3, 0.4) is 0 Å². The summed E-state index contributed by atoms with van der Waals surface area (Å²) in [4.78, 5) is 23.3. The maximum atomic E-state index is 11.9. The number of aliphatic hydroxyl groups is 1. The van der Waals surface area contributed by atoms with Crippen LogP contribution in [0.25, 0.3) is 0 Å². The predicted octanol–water partition coefficient (Wildman–Crippen LogP) is 0.968. The van der Waals surface area contributed by atoms with Crippen molar-refractivity contribution < 1.29 is 14.8 Å². The van der Waals surface area contributed by atoms with Crippen LogP contribution in [0.2, 0.25) is 0 Å². The summed E-state index contributed by atoms with van der Waals surface area (Å²) < 4.78 is 0. The number of aryl methyl sites for hydroxylation is 1. The molecule has 0 spiro atoms. The molecule has 17 heavy (non-hydrogen) atoms. The zero-order valence-electron chi connectivity index (χ0n) is 9.71. The van der Waals surface area contributed by atoms with Gasteiger partial charge in [0.2, 0.25) is 0 Å².